The Kier molecular flexibility index (Phi) is 7.30. The van der Waals surface area contributed by atoms with Crippen LogP contribution < -0.4 is 0 Å². The molecule has 0 aromatic carbocycles. The zero-order chi connectivity index (χ0) is 12.6. The summed E-state index contributed by atoms with van der Waals surface area (Å²) in [4.78, 5) is 10.5. The highest BCUT2D eigenvalue weighted by Gasteiger charge is 2.42. The van der Waals surface area contributed by atoms with Gasteiger partial charge >= 0.3 is 0 Å². The lowest BCUT2D eigenvalue weighted by Crippen LogP contribution is -2.46. The lowest BCUT2D eigenvalue weighted by atomic mass is 9.89. The topological polar surface area (TPSA) is 63.4 Å². The van der Waals surface area contributed by atoms with Crippen LogP contribution in [-0.2, 0) is 0 Å². The van der Waals surface area contributed by atoms with Crippen molar-refractivity contribution in [1.82, 2.24) is 0 Å². The average molecular weight is 231 g/mol. The van der Waals surface area contributed by atoms with Crippen LogP contribution in [0.2, 0.25) is 0 Å². The van der Waals surface area contributed by atoms with Crippen LogP contribution in [-0.4, -0.2) is 21.7 Å². The first-order valence-corrected chi connectivity index (χ1v) is 6.31. The standard InChI is InChI=1S/C12H25NO3/c1-4-6-7-8-9-10-11(14)12(3,5-2)13(15)16/h11,14H,4-10H2,1-3H3. The van der Waals surface area contributed by atoms with Crippen molar-refractivity contribution < 1.29 is 10.0 Å². The SMILES string of the molecule is CCCCCCCC(O)C(C)(CC)[N+](=O)[O-]. The van der Waals surface area contributed by atoms with Crippen molar-refractivity contribution in [2.75, 3.05) is 0 Å². The summed E-state index contributed by atoms with van der Waals surface area (Å²) < 4.78 is 0. The molecule has 0 spiro atoms. The third-order valence-corrected chi connectivity index (χ3v) is 3.43. The maximum absolute atomic E-state index is 10.9. The summed E-state index contributed by atoms with van der Waals surface area (Å²) in [5.74, 6) is 0. The Morgan fingerprint density at radius 1 is 1.25 bits per heavy atom. The van der Waals surface area contributed by atoms with Crippen LogP contribution in [0.3, 0.4) is 0 Å². The summed E-state index contributed by atoms with van der Waals surface area (Å²) in [6.07, 6.45) is 5.57. The Morgan fingerprint density at radius 3 is 2.25 bits per heavy atom. The van der Waals surface area contributed by atoms with Crippen LogP contribution >= 0.6 is 0 Å². The molecule has 0 saturated carbocycles. The summed E-state index contributed by atoms with van der Waals surface area (Å²) in [6.45, 7) is 5.43. The molecule has 2 unspecified atom stereocenters. The van der Waals surface area contributed by atoms with Crippen molar-refractivity contribution in [3.63, 3.8) is 0 Å². The summed E-state index contributed by atoms with van der Waals surface area (Å²) in [6, 6.07) is 0. The first kappa shape index (κ1) is 15.4. The zero-order valence-electron chi connectivity index (χ0n) is 10.7. The van der Waals surface area contributed by atoms with Gasteiger partial charge in [0.1, 0.15) is 6.10 Å². The first-order chi connectivity index (χ1) is 7.49. The minimum Gasteiger partial charge on any atom is -0.386 e. The van der Waals surface area contributed by atoms with Gasteiger partial charge in [0, 0.05) is 18.3 Å². The molecule has 0 fully saturated rings. The van der Waals surface area contributed by atoms with Gasteiger partial charge in [-0.2, -0.15) is 0 Å². The van der Waals surface area contributed by atoms with Gasteiger partial charge < -0.3 is 5.11 Å². The van der Waals surface area contributed by atoms with Crippen LogP contribution in [0.4, 0.5) is 0 Å². The van der Waals surface area contributed by atoms with E-state index in [1.54, 1.807) is 6.92 Å². The van der Waals surface area contributed by atoms with Crippen LogP contribution in [0.1, 0.15) is 65.7 Å². The van der Waals surface area contributed by atoms with Gasteiger partial charge in [-0.05, 0) is 6.42 Å². The summed E-state index contributed by atoms with van der Waals surface area (Å²) in [5.41, 5.74) is -1.18. The minimum atomic E-state index is -1.18. The highest BCUT2D eigenvalue weighted by molar-refractivity contribution is 4.81. The number of aliphatic hydroxyl groups excluding tert-OH is 1. The molecule has 1 N–H and O–H groups in total. The van der Waals surface area contributed by atoms with Crippen molar-refractivity contribution in [2.24, 2.45) is 0 Å². The largest absolute Gasteiger partial charge is 0.386 e. The molecule has 4 heteroatoms. The normalized spacial score (nSPS) is 16.8. The lowest BCUT2D eigenvalue weighted by molar-refractivity contribution is -0.579. The molecule has 16 heavy (non-hydrogen) atoms. The van der Waals surface area contributed by atoms with Gasteiger partial charge in [0.15, 0.2) is 0 Å². The third kappa shape index (κ3) is 4.47. The molecule has 2 atom stereocenters. The van der Waals surface area contributed by atoms with Crippen molar-refractivity contribution >= 4 is 0 Å². The van der Waals surface area contributed by atoms with E-state index in [0.29, 0.717) is 12.8 Å². The van der Waals surface area contributed by atoms with Crippen molar-refractivity contribution in [2.45, 2.75) is 77.4 Å². The maximum Gasteiger partial charge on any atom is 0.244 e. The van der Waals surface area contributed by atoms with Crippen LogP contribution in [0.15, 0.2) is 0 Å². The van der Waals surface area contributed by atoms with E-state index in [1.165, 1.54) is 19.8 Å². The van der Waals surface area contributed by atoms with E-state index in [4.69, 9.17) is 0 Å². The molecule has 0 saturated heterocycles. The van der Waals surface area contributed by atoms with Gasteiger partial charge in [0.05, 0.1) is 0 Å². The number of unbranched alkanes of at least 4 members (excludes halogenated alkanes) is 4. The van der Waals surface area contributed by atoms with Crippen LogP contribution in [0.25, 0.3) is 0 Å². The van der Waals surface area contributed by atoms with E-state index < -0.39 is 11.6 Å². The number of hydrogen-bond donors (Lipinski definition) is 1. The molecule has 0 aliphatic carbocycles. The lowest BCUT2D eigenvalue weighted by Gasteiger charge is -2.24. The van der Waals surface area contributed by atoms with Gasteiger partial charge in [-0.1, -0.05) is 46.0 Å². The molecule has 4 nitrogen and oxygen atoms in total. The Balaban J connectivity index is 3.94. The number of aliphatic hydroxyl groups is 1. The van der Waals surface area contributed by atoms with E-state index in [1.807, 2.05) is 0 Å². The number of hydrogen-bond acceptors (Lipinski definition) is 3. The zero-order valence-corrected chi connectivity index (χ0v) is 10.7. The van der Waals surface area contributed by atoms with Crippen LogP contribution in [0, 0.1) is 10.1 Å². The predicted molar refractivity (Wildman–Crippen MR) is 65.1 cm³/mol. The number of rotatable bonds is 9. The first-order valence-electron chi connectivity index (χ1n) is 6.31. The fraction of sp³-hybridized carbons (Fsp3) is 1.00. The molecule has 0 aliphatic heterocycles. The Morgan fingerprint density at radius 2 is 1.81 bits per heavy atom. The molecule has 96 valence electrons. The predicted octanol–water partition coefficient (Wildman–Crippen LogP) is 3.15. The monoisotopic (exact) mass is 231 g/mol. The highest BCUT2D eigenvalue weighted by Crippen LogP contribution is 2.23. The average Bonchev–Trinajstić information content (AvgIpc) is 2.27. The van der Waals surface area contributed by atoms with Crippen molar-refractivity contribution in [3.05, 3.63) is 10.1 Å². The van der Waals surface area contributed by atoms with Crippen molar-refractivity contribution in [3.8, 4) is 0 Å². The molecule has 0 aromatic heterocycles. The summed E-state index contributed by atoms with van der Waals surface area (Å²) in [5, 5.41) is 20.7. The summed E-state index contributed by atoms with van der Waals surface area (Å²) in [7, 11) is 0. The van der Waals surface area contributed by atoms with Gasteiger partial charge in [0.2, 0.25) is 5.54 Å². The molecular weight excluding hydrogens is 206 g/mol. The van der Waals surface area contributed by atoms with E-state index >= 15 is 0 Å². The van der Waals surface area contributed by atoms with Gasteiger partial charge in [-0.15, -0.1) is 0 Å². The Labute approximate surface area is 98.2 Å². The van der Waals surface area contributed by atoms with E-state index in [9.17, 15) is 15.2 Å². The second-order valence-corrected chi connectivity index (χ2v) is 4.69. The van der Waals surface area contributed by atoms with E-state index in [-0.39, 0.29) is 4.92 Å². The Bertz CT molecular complexity index is 208. The van der Waals surface area contributed by atoms with E-state index in [0.717, 1.165) is 19.3 Å². The highest BCUT2D eigenvalue weighted by atomic mass is 16.6. The molecule has 0 amide bonds. The van der Waals surface area contributed by atoms with Gasteiger partial charge in [-0.3, -0.25) is 10.1 Å². The minimum absolute atomic E-state index is 0.344. The Hall–Kier alpha value is -0.640. The maximum atomic E-state index is 10.9. The molecule has 0 aromatic rings. The second kappa shape index (κ2) is 7.60. The number of nitrogens with zero attached hydrogens (tertiary/aromatic N) is 1. The second-order valence-electron chi connectivity index (χ2n) is 4.69. The van der Waals surface area contributed by atoms with Crippen molar-refractivity contribution in [1.29, 1.82) is 0 Å². The molecule has 0 radical (unpaired) electrons. The molecule has 0 aliphatic rings. The summed E-state index contributed by atoms with van der Waals surface area (Å²) >= 11 is 0. The third-order valence-electron chi connectivity index (χ3n) is 3.43. The molecule has 0 bridgehead atoms. The van der Waals surface area contributed by atoms with E-state index in [2.05, 4.69) is 6.92 Å². The van der Waals surface area contributed by atoms with Crippen LogP contribution in [0.5, 0.6) is 0 Å². The smallest absolute Gasteiger partial charge is 0.244 e. The fourth-order valence-electron chi connectivity index (χ4n) is 1.74. The quantitative estimate of drug-likeness (QED) is 0.376. The molecule has 0 rings (SSSR count). The molecule has 0 heterocycles. The molecular formula is C12H25NO3. The van der Waals surface area contributed by atoms with Gasteiger partial charge in [-0.25, -0.2) is 0 Å². The fourth-order valence-corrected chi connectivity index (χ4v) is 1.74. The number of nitro groups is 1. The van der Waals surface area contributed by atoms with Gasteiger partial charge in [0.25, 0.3) is 0 Å².